The maximum atomic E-state index is 4.33. The first-order chi connectivity index (χ1) is 6.70. The molecule has 0 atom stereocenters. The number of rotatable bonds is 2. The fraction of sp³-hybridized carbons (Fsp3) is 0.500. The second-order valence-electron chi connectivity index (χ2n) is 3.62. The number of dihydropyridines is 1. The van der Waals surface area contributed by atoms with Crippen molar-refractivity contribution < 1.29 is 0 Å². The van der Waals surface area contributed by atoms with Gasteiger partial charge in [-0.3, -0.25) is 9.98 Å². The van der Waals surface area contributed by atoms with E-state index < -0.39 is 0 Å². The third kappa shape index (κ3) is 2.19. The van der Waals surface area contributed by atoms with E-state index in [2.05, 4.69) is 42.9 Å². The molecule has 0 aromatic carbocycles. The van der Waals surface area contributed by atoms with Crippen molar-refractivity contribution in [2.75, 3.05) is 7.05 Å². The third-order valence-electron chi connectivity index (χ3n) is 2.23. The molecule has 1 aliphatic rings. The Labute approximate surface area is 86.2 Å². The summed E-state index contributed by atoms with van der Waals surface area (Å²) in [6, 6.07) is 0. The molecule has 1 aliphatic heterocycles. The number of nitrogens with zero attached hydrogens (tertiary/aromatic N) is 2. The Kier molecular flexibility index (Phi) is 3.81. The molecule has 1 rings (SSSR count). The van der Waals surface area contributed by atoms with Gasteiger partial charge in [0, 0.05) is 13.3 Å². The summed E-state index contributed by atoms with van der Waals surface area (Å²) in [4.78, 5) is 8.65. The lowest BCUT2D eigenvalue weighted by atomic mass is 9.94. The summed E-state index contributed by atoms with van der Waals surface area (Å²) in [5.74, 6) is 0.501. The molecular formula is C12H18N2. The van der Waals surface area contributed by atoms with Crippen molar-refractivity contribution in [1.29, 1.82) is 0 Å². The van der Waals surface area contributed by atoms with Gasteiger partial charge in [0.2, 0.25) is 0 Å². The molecule has 1 heterocycles. The zero-order chi connectivity index (χ0) is 10.6. The summed E-state index contributed by atoms with van der Waals surface area (Å²) < 4.78 is 0. The van der Waals surface area contributed by atoms with E-state index in [-0.39, 0.29) is 0 Å². The highest BCUT2D eigenvalue weighted by molar-refractivity contribution is 6.16. The Bertz CT molecular complexity index is 317. The molecule has 0 aromatic heterocycles. The molecule has 0 fully saturated rings. The second kappa shape index (κ2) is 4.89. The van der Waals surface area contributed by atoms with Gasteiger partial charge in [0.15, 0.2) is 0 Å². The minimum absolute atomic E-state index is 0.501. The van der Waals surface area contributed by atoms with Crippen LogP contribution in [0.2, 0.25) is 0 Å². The average Bonchev–Trinajstić information content (AvgIpc) is 2.18. The van der Waals surface area contributed by atoms with Crippen molar-refractivity contribution in [3.05, 3.63) is 23.4 Å². The molecule has 0 radical (unpaired) electrons. The predicted molar refractivity (Wildman–Crippen MR) is 63.1 cm³/mol. The maximum Gasteiger partial charge on any atom is 0.0859 e. The van der Waals surface area contributed by atoms with E-state index in [1.54, 1.807) is 0 Å². The summed E-state index contributed by atoms with van der Waals surface area (Å²) in [5, 5.41) is 0. The van der Waals surface area contributed by atoms with Crippen LogP contribution in [0.5, 0.6) is 0 Å². The van der Waals surface area contributed by atoms with Crippen molar-refractivity contribution in [1.82, 2.24) is 0 Å². The molecule has 0 spiro atoms. The van der Waals surface area contributed by atoms with E-state index in [1.807, 2.05) is 13.3 Å². The lowest BCUT2D eigenvalue weighted by Crippen LogP contribution is -2.14. The molecule has 0 aliphatic carbocycles. The summed E-state index contributed by atoms with van der Waals surface area (Å²) in [7, 11) is 1.83. The second-order valence-corrected chi connectivity index (χ2v) is 3.62. The standard InChI is InChI=1S/C12H18N2/c1-5-6-11-12(13-4)10(9(2)3)7-8-14-11/h6-9H,5H2,1-4H3/b11-6+,13-12?. The first-order valence-electron chi connectivity index (χ1n) is 5.12. The van der Waals surface area contributed by atoms with E-state index >= 15 is 0 Å². The highest BCUT2D eigenvalue weighted by atomic mass is 14.8. The molecule has 0 bridgehead atoms. The highest BCUT2D eigenvalue weighted by Crippen LogP contribution is 2.20. The molecule has 14 heavy (non-hydrogen) atoms. The van der Waals surface area contributed by atoms with Crippen LogP contribution in [-0.4, -0.2) is 19.0 Å². The quantitative estimate of drug-likeness (QED) is 0.639. The lowest BCUT2D eigenvalue weighted by Gasteiger charge is -2.17. The van der Waals surface area contributed by atoms with E-state index in [0.29, 0.717) is 5.92 Å². The largest absolute Gasteiger partial charge is 0.286 e. The predicted octanol–water partition coefficient (Wildman–Crippen LogP) is 3.02. The van der Waals surface area contributed by atoms with Crippen molar-refractivity contribution >= 4 is 11.9 Å². The van der Waals surface area contributed by atoms with Gasteiger partial charge < -0.3 is 0 Å². The maximum absolute atomic E-state index is 4.33. The summed E-state index contributed by atoms with van der Waals surface area (Å²) in [6.45, 7) is 6.47. The smallest absolute Gasteiger partial charge is 0.0859 e. The summed E-state index contributed by atoms with van der Waals surface area (Å²) >= 11 is 0. The van der Waals surface area contributed by atoms with Gasteiger partial charge in [-0.25, -0.2) is 0 Å². The molecule has 0 saturated carbocycles. The van der Waals surface area contributed by atoms with Crippen LogP contribution in [-0.2, 0) is 0 Å². The van der Waals surface area contributed by atoms with Crippen LogP contribution in [0.3, 0.4) is 0 Å². The molecule has 0 amide bonds. The monoisotopic (exact) mass is 190 g/mol. The van der Waals surface area contributed by atoms with E-state index in [0.717, 1.165) is 17.8 Å². The molecule has 0 saturated heterocycles. The number of allylic oxidation sites excluding steroid dienone is 3. The van der Waals surface area contributed by atoms with Crippen LogP contribution in [0.25, 0.3) is 0 Å². The van der Waals surface area contributed by atoms with Crippen LogP contribution in [0.15, 0.2) is 33.4 Å². The van der Waals surface area contributed by atoms with Gasteiger partial charge >= 0.3 is 0 Å². The van der Waals surface area contributed by atoms with Gasteiger partial charge in [0.25, 0.3) is 0 Å². The van der Waals surface area contributed by atoms with Crippen molar-refractivity contribution in [3.63, 3.8) is 0 Å². The molecule has 2 heteroatoms. The first-order valence-corrected chi connectivity index (χ1v) is 5.12. The normalized spacial score (nSPS) is 22.2. The van der Waals surface area contributed by atoms with Crippen molar-refractivity contribution in [2.24, 2.45) is 15.9 Å². The van der Waals surface area contributed by atoms with E-state index in [4.69, 9.17) is 0 Å². The van der Waals surface area contributed by atoms with Crippen LogP contribution in [0.4, 0.5) is 0 Å². The molecular weight excluding hydrogens is 172 g/mol. The average molecular weight is 190 g/mol. The minimum Gasteiger partial charge on any atom is -0.286 e. The van der Waals surface area contributed by atoms with Crippen molar-refractivity contribution in [3.8, 4) is 0 Å². The highest BCUT2D eigenvalue weighted by Gasteiger charge is 2.16. The van der Waals surface area contributed by atoms with Gasteiger partial charge in [-0.2, -0.15) is 0 Å². The molecule has 0 N–H and O–H groups in total. The lowest BCUT2D eigenvalue weighted by molar-refractivity contribution is 0.801. The van der Waals surface area contributed by atoms with Gasteiger partial charge in [0.05, 0.1) is 11.4 Å². The van der Waals surface area contributed by atoms with E-state index in [9.17, 15) is 0 Å². The molecule has 0 aromatic rings. The fourth-order valence-corrected chi connectivity index (χ4v) is 1.54. The van der Waals surface area contributed by atoms with Crippen LogP contribution in [0, 0.1) is 5.92 Å². The number of hydrogen-bond acceptors (Lipinski definition) is 2. The van der Waals surface area contributed by atoms with Crippen molar-refractivity contribution in [2.45, 2.75) is 27.2 Å². The Hall–Kier alpha value is -1.18. The van der Waals surface area contributed by atoms with Crippen LogP contribution < -0.4 is 0 Å². The van der Waals surface area contributed by atoms with Gasteiger partial charge in [0.1, 0.15) is 0 Å². The van der Waals surface area contributed by atoms with Crippen LogP contribution >= 0.6 is 0 Å². The first kappa shape index (κ1) is 10.9. The molecule has 0 unspecified atom stereocenters. The summed E-state index contributed by atoms with van der Waals surface area (Å²) in [5.41, 5.74) is 3.34. The third-order valence-corrected chi connectivity index (χ3v) is 2.23. The summed E-state index contributed by atoms with van der Waals surface area (Å²) in [6.07, 6.45) is 7.04. The molecule has 76 valence electrons. The zero-order valence-electron chi connectivity index (χ0n) is 9.41. The van der Waals surface area contributed by atoms with E-state index in [1.165, 1.54) is 5.57 Å². The topological polar surface area (TPSA) is 24.7 Å². The minimum atomic E-state index is 0.501. The molecule has 2 nitrogen and oxygen atoms in total. The Morgan fingerprint density at radius 3 is 2.71 bits per heavy atom. The Morgan fingerprint density at radius 2 is 2.21 bits per heavy atom. The Balaban J connectivity index is 3.07. The van der Waals surface area contributed by atoms with Gasteiger partial charge in [-0.15, -0.1) is 0 Å². The number of hydrogen-bond donors (Lipinski definition) is 0. The zero-order valence-corrected chi connectivity index (χ0v) is 9.41. The fourth-order valence-electron chi connectivity index (χ4n) is 1.54. The number of aliphatic imine (C=N–C) groups is 2. The van der Waals surface area contributed by atoms with Gasteiger partial charge in [-0.1, -0.05) is 26.8 Å². The SMILES string of the molecule is CC/C=C1/N=CC=C(C(C)C)C1=NC. The van der Waals surface area contributed by atoms with Crippen LogP contribution in [0.1, 0.15) is 27.2 Å². The van der Waals surface area contributed by atoms with Gasteiger partial charge in [-0.05, 0) is 24.0 Å². The Morgan fingerprint density at radius 1 is 1.50 bits per heavy atom.